The molecular formula is C21H44N4O. The number of guanidine groups is 1. The highest BCUT2D eigenvalue weighted by Gasteiger charge is 2.33. The van der Waals surface area contributed by atoms with E-state index in [0.717, 1.165) is 51.8 Å². The molecule has 0 unspecified atom stereocenters. The van der Waals surface area contributed by atoms with Crippen molar-refractivity contribution in [2.75, 3.05) is 46.4 Å². The van der Waals surface area contributed by atoms with Gasteiger partial charge in [-0.25, -0.2) is 0 Å². The molecule has 0 aromatic carbocycles. The number of nitrogens with zero attached hydrogens (tertiary/aromatic N) is 2. The first-order valence-corrected chi connectivity index (χ1v) is 10.8. The van der Waals surface area contributed by atoms with Crippen LogP contribution in [0.25, 0.3) is 0 Å². The molecule has 1 rings (SSSR count). The van der Waals surface area contributed by atoms with Crippen molar-refractivity contribution in [3.05, 3.63) is 0 Å². The van der Waals surface area contributed by atoms with Crippen molar-refractivity contribution >= 4 is 5.96 Å². The molecule has 0 saturated heterocycles. The molecular weight excluding hydrogens is 324 g/mol. The van der Waals surface area contributed by atoms with Crippen molar-refractivity contribution in [1.29, 1.82) is 0 Å². The van der Waals surface area contributed by atoms with Gasteiger partial charge in [0.2, 0.25) is 0 Å². The molecule has 5 heteroatoms. The molecule has 2 N–H and O–H groups in total. The summed E-state index contributed by atoms with van der Waals surface area (Å²) in [6, 6.07) is 0.626. The molecule has 0 aliphatic heterocycles. The predicted molar refractivity (Wildman–Crippen MR) is 113 cm³/mol. The van der Waals surface area contributed by atoms with Crippen LogP contribution in [-0.4, -0.2) is 63.3 Å². The first-order valence-electron chi connectivity index (χ1n) is 10.8. The molecule has 0 bridgehead atoms. The molecule has 0 atom stereocenters. The predicted octanol–water partition coefficient (Wildman–Crippen LogP) is 3.65. The number of aliphatic imine (C=N–C) groups is 1. The Labute approximate surface area is 162 Å². The Morgan fingerprint density at radius 3 is 2.50 bits per heavy atom. The lowest BCUT2D eigenvalue weighted by molar-refractivity contribution is 0.107. The van der Waals surface area contributed by atoms with Gasteiger partial charge in [-0.1, -0.05) is 12.8 Å². The van der Waals surface area contributed by atoms with Gasteiger partial charge in [-0.3, -0.25) is 4.99 Å². The van der Waals surface area contributed by atoms with Crippen LogP contribution in [-0.2, 0) is 4.74 Å². The monoisotopic (exact) mass is 368 g/mol. The van der Waals surface area contributed by atoms with Crippen LogP contribution >= 0.6 is 0 Å². The molecule has 0 radical (unpaired) electrons. The second kappa shape index (κ2) is 13.4. The highest BCUT2D eigenvalue weighted by Crippen LogP contribution is 2.41. The summed E-state index contributed by atoms with van der Waals surface area (Å²) in [5.74, 6) is 0.979. The molecule has 1 aliphatic rings. The van der Waals surface area contributed by atoms with Gasteiger partial charge in [0.1, 0.15) is 0 Å². The highest BCUT2D eigenvalue weighted by atomic mass is 16.5. The van der Waals surface area contributed by atoms with Crippen LogP contribution in [0.1, 0.15) is 72.6 Å². The zero-order valence-corrected chi connectivity index (χ0v) is 18.1. The van der Waals surface area contributed by atoms with Crippen LogP contribution in [0.2, 0.25) is 0 Å². The lowest BCUT2D eigenvalue weighted by atomic mass is 9.83. The highest BCUT2D eigenvalue weighted by molar-refractivity contribution is 5.79. The van der Waals surface area contributed by atoms with Gasteiger partial charge >= 0.3 is 0 Å². The van der Waals surface area contributed by atoms with E-state index in [-0.39, 0.29) is 0 Å². The molecule has 0 spiro atoms. The lowest BCUT2D eigenvalue weighted by Gasteiger charge is -2.27. The fraction of sp³-hybridized carbons (Fsp3) is 0.952. The van der Waals surface area contributed by atoms with Gasteiger partial charge < -0.3 is 20.3 Å². The molecule has 1 aliphatic carbocycles. The lowest BCUT2D eigenvalue weighted by Crippen LogP contribution is -2.39. The maximum absolute atomic E-state index is 5.62. The summed E-state index contributed by atoms with van der Waals surface area (Å²) in [5.41, 5.74) is 0.359. The van der Waals surface area contributed by atoms with Crippen LogP contribution in [0.15, 0.2) is 4.99 Å². The van der Waals surface area contributed by atoms with Crippen LogP contribution in [0.4, 0.5) is 0 Å². The summed E-state index contributed by atoms with van der Waals surface area (Å²) >= 11 is 0. The van der Waals surface area contributed by atoms with Gasteiger partial charge in [0.25, 0.3) is 0 Å². The van der Waals surface area contributed by atoms with Crippen LogP contribution in [0, 0.1) is 5.41 Å². The van der Waals surface area contributed by atoms with Gasteiger partial charge in [-0.05, 0) is 78.8 Å². The molecule has 1 saturated carbocycles. The molecule has 0 aromatic rings. The number of rotatable bonds is 13. The van der Waals surface area contributed by atoms with Crippen molar-refractivity contribution in [3.63, 3.8) is 0 Å². The van der Waals surface area contributed by atoms with Crippen LogP contribution in [0.5, 0.6) is 0 Å². The van der Waals surface area contributed by atoms with E-state index in [0.29, 0.717) is 11.5 Å². The van der Waals surface area contributed by atoms with Gasteiger partial charge in [0.15, 0.2) is 5.96 Å². The first-order chi connectivity index (χ1) is 12.5. The molecule has 154 valence electrons. The first kappa shape index (κ1) is 23.2. The molecule has 0 aromatic heterocycles. The molecule has 1 fully saturated rings. The van der Waals surface area contributed by atoms with Gasteiger partial charge in [-0.2, -0.15) is 0 Å². The van der Waals surface area contributed by atoms with Gasteiger partial charge in [0, 0.05) is 38.9 Å². The minimum atomic E-state index is 0.359. The molecule has 5 nitrogen and oxygen atoms in total. The smallest absolute Gasteiger partial charge is 0.191 e. The quantitative estimate of drug-likeness (QED) is 0.296. The van der Waals surface area contributed by atoms with Crippen molar-refractivity contribution in [2.45, 2.75) is 78.7 Å². The Morgan fingerprint density at radius 2 is 1.88 bits per heavy atom. The number of nitrogens with one attached hydrogen (secondary N) is 2. The Morgan fingerprint density at radius 1 is 1.15 bits per heavy atom. The van der Waals surface area contributed by atoms with E-state index in [9.17, 15) is 0 Å². The standard InChI is InChI=1S/C21H44N4O/c1-6-22-20(23-15-10-11-16-25(5)19(3)4)24-18-21(12-8-9-13-21)14-17-26-7-2/h19H,6-18H2,1-5H3,(H2,22,23,24). The third kappa shape index (κ3) is 9.22. The Kier molecular flexibility index (Phi) is 11.9. The number of hydrogen-bond donors (Lipinski definition) is 2. The third-order valence-electron chi connectivity index (χ3n) is 5.67. The molecule has 26 heavy (non-hydrogen) atoms. The zero-order chi connectivity index (χ0) is 19.3. The fourth-order valence-electron chi connectivity index (χ4n) is 3.58. The van der Waals surface area contributed by atoms with E-state index >= 15 is 0 Å². The number of ether oxygens (including phenoxy) is 1. The zero-order valence-electron chi connectivity index (χ0n) is 18.1. The summed E-state index contributed by atoms with van der Waals surface area (Å²) in [6.07, 6.45) is 8.82. The van der Waals surface area contributed by atoms with Crippen LogP contribution < -0.4 is 10.6 Å². The molecule has 0 amide bonds. The van der Waals surface area contributed by atoms with E-state index in [4.69, 9.17) is 9.73 Å². The van der Waals surface area contributed by atoms with E-state index in [1.165, 1.54) is 38.5 Å². The minimum Gasteiger partial charge on any atom is -0.382 e. The van der Waals surface area contributed by atoms with Crippen LogP contribution in [0.3, 0.4) is 0 Å². The van der Waals surface area contributed by atoms with Crippen molar-refractivity contribution in [3.8, 4) is 0 Å². The maximum Gasteiger partial charge on any atom is 0.191 e. The van der Waals surface area contributed by atoms with E-state index in [2.05, 4.69) is 50.3 Å². The fourth-order valence-corrected chi connectivity index (χ4v) is 3.58. The summed E-state index contributed by atoms with van der Waals surface area (Å²) in [5, 5.41) is 6.93. The van der Waals surface area contributed by atoms with Crippen molar-refractivity contribution in [2.24, 2.45) is 10.4 Å². The molecule has 0 heterocycles. The van der Waals surface area contributed by atoms with Crippen molar-refractivity contribution < 1.29 is 4.74 Å². The maximum atomic E-state index is 5.62. The second-order valence-electron chi connectivity index (χ2n) is 8.06. The summed E-state index contributed by atoms with van der Waals surface area (Å²) in [6.45, 7) is 14.4. The van der Waals surface area contributed by atoms with E-state index < -0.39 is 0 Å². The Hall–Kier alpha value is -0.810. The van der Waals surface area contributed by atoms with E-state index in [1.807, 2.05) is 0 Å². The average molecular weight is 369 g/mol. The minimum absolute atomic E-state index is 0.359. The summed E-state index contributed by atoms with van der Waals surface area (Å²) in [7, 11) is 2.20. The van der Waals surface area contributed by atoms with Crippen molar-refractivity contribution in [1.82, 2.24) is 15.5 Å². The largest absolute Gasteiger partial charge is 0.382 e. The second-order valence-corrected chi connectivity index (χ2v) is 8.06. The summed E-state index contributed by atoms with van der Waals surface area (Å²) < 4.78 is 5.62. The topological polar surface area (TPSA) is 48.9 Å². The van der Waals surface area contributed by atoms with Gasteiger partial charge in [-0.15, -0.1) is 0 Å². The number of hydrogen-bond acceptors (Lipinski definition) is 3. The Bertz CT molecular complexity index is 378. The third-order valence-corrected chi connectivity index (χ3v) is 5.67. The Balaban J connectivity index is 2.40. The van der Waals surface area contributed by atoms with E-state index in [1.54, 1.807) is 0 Å². The number of unbranched alkanes of at least 4 members (excludes halogenated alkanes) is 1. The normalized spacial score (nSPS) is 17.3. The average Bonchev–Trinajstić information content (AvgIpc) is 3.08. The SMILES string of the molecule is CCNC(=NCC1(CCOCC)CCCC1)NCCCCN(C)C(C)C. The summed E-state index contributed by atoms with van der Waals surface area (Å²) in [4.78, 5) is 7.34. The van der Waals surface area contributed by atoms with Gasteiger partial charge in [0.05, 0.1) is 0 Å².